The van der Waals surface area contributed by atoms with Gasteiger partial charge < -0.3 is 10.6 Å². The molecule has 2 aromatic carbocycles. The first-order valence-electron chi connectivity index (χ1n) is 7.70. The summed E-state index contributed by atoms with van der Waals surface area (Å²) in [4.78, 5) is 25.2. The number of carbonyl (C=O) groups excluding carboxylic acids is 2. The van der Waals surface area contributed by atoms with E-state index in [2.05, 4.69) is 10.6 Å². The molecule has 3 rings (SSSR count). The van der Waals surface area contributed by atoms with Gasteiger partial charge in [-0.1, -0.05) is 30.3 Å². The quantitative estimate of drug-likeness (QED) is 0.659. The summed E-state index contributed by atoms with van der Waals surface area (Å²) in [6.45, 7) is 0. The molecule has 4 nitrogen and oxygen atoms in total. The summed E-state index contributed by atoms with van der Waals surface area (Å²) in [5, 5.41) is 7.56. The average molecular weight is 348 g/mol. The molecule has 0 radical (unpaired) electrons. The Labute approximate surface area is 149 Å². The van der Waals surface area contributed by atoms with Crippen LogP contribution in [0.5, 0.6) is 0 Å². The van der Waals surface area contributed by atoms with Crippen LogP contribution in [0, 0.1) is 0 Å². The Hall–Kier alpha value is -3.18. The molecule has 0 saturated heterocycles. The van der Waals surface area contributed by atoms with E-state index in [0.717, 1.165) is 4.88 Å². The molecule has 0 fully saturated rings. The van der Waals surface area contributed by atoms with E-state index in [9.17, 15) is 9.59 Å². The molecule has 0 bridgehead atoms. The minimum atomic E-state index is -0.222. The van der Waals surface area contributed by atoms with E-state index in [1.807, 2.05) is 35.7 Å². The van der Waals surface area contributed by atoms with Crippen LogP contribution in [0.1, 0.15) is 15.2 Å². The summed E-state index contributed by atoms with van der Waals surface area (Å²) in [7, 11) is 0. The maximum atomic E-state index is 12.2. The van der Waals surface area contributed by atoms with Crippen LogP contribution in [-0.2, 0) is 4.79 Å². The number of carbonyl (C=O) groups is 2. The van der Waals surface area contributed by atoms with Gasteiger partial charge in [0, 0.05) is 27.9 Å². The molecule has 0 aliphatic carbocycles. The third-order valence-corrected chi connectivity index (χ3v) is 4.20. The number of hydrogen-bond donors (Lipinski definition) is 2. The molecule has 0 spiro atoms. The van der Waals surface area contributed by atoms with Gasteiger partial charge in [-0.15, -0.1) is 11.3 Å². The highest BCUT2D eigenvalue weighted by Crippen LogP contribution is 2.17. The number of nitrogens with one attached hydrogen (secondary N) is 2. The van der Waals surface area contributed by atoms with Crippen LogP contribution in [-0.4, -0.2) is 11.8 Å². The minimum Gasteiger partial charge on any atom is -0.322 e. The van der Waals surface area contributed by atoms with E-state index in [-0.39, 0.29) is 11.8 Å². The molecule has 0 unspecified atom stereocenters. The van der Waals surface area contributed by atoms with Crippen LogP contribution >= 0.6 is 11.3 Å². The van der Waals surface area contributed by atoms with Crippen molar-refractivity contribution in [3.63, 3.8) is 0 Å². The molecule has 0 aliphatic rings. The van der Waals surface area contributed by atoms with E-state index in [1.54, 1.807) is 53.8 Å². The predicted octanol–water partition coefficient (Wildman–Crippen LogP) is 4.65. The van der Waals surface area contributed by atoms with Crippen molar-refractivity contribution in [2.75, 3.05) is 10.6 Å². The van der Waals surface area contributed by atoms with Crippen LogP contribution in [0.25, 0.3) is 6.08 Å². The summed E-state index contributed by atoms with van der Waals surface area (Å²) in [6.07, 6.45) is 3.25. The fraction of sp³-hybridized carbons (Fsp3) is 0. The van der Waals surface area contributed by atoms with Gasteiger partial charge in [-0.05, 0) is 47.9 Å². The van der Waals surface area contributed by atoms with Gasteiger partial charge in [0.15, 0.2) is 0 Å². The molecular weight excluding hydrogens is 332 g/mol. The fourth-order valence-corrected chi connectivity index (χ4v) is 2.81. The van der Waals surface area contributed by atoms with Crippen LogP contribution in [0.2, 0.25) is 0 Å². The second kappa shape index (κ2) is 8.08. The number of anilines is 2. The zero-order valence-corrected chi connectivity index (χ0v) is 14.1. The molecule has 0 aliphatic heterocycles. The largest absolute Gasteiger partial charge is 0.322 e. The number of rotatable bonds is 5. The molecule has 1 heterocycles. The van der Waals surface area contributed by atoms with Gasteiger partial charge in [0.2, 0.25) is 5.91 Å². The van der Waals surface area contributed by atoms with Crippen LogP contribution in [0.4, 0.5) is 11.4 Å². The topological polar surface area (TPSA) is 58.2 Å². The first-order valence-corrected chi connectivity index (χ1v) is 8.58. The molecular formula is C20H16N2O2S. The van der Waals surface area contributed by atoms with Crippen LogP contribution in [0.3, 0.4) is 0 Å². The SMILES string of the molecule is O=C(/C=C/c1cccs1)Nc1cccc(NC(=O)c2ccccc2)c1. The molecule has 0 atom stereocenters. The Bertz CT molecular complexity index is 887. The fourth-order valence-electron chi connectivity index (χ4n) is 2.20. The molecule has 124 valence electrons. The monoisotopic (exact) mass is 348 g/mol. The normalized spacial score (nSPS) is 10.6. The zero-order valence-electron chi connectivity index (χ0n) is 13.3. The van der Waals surface area contributed by atoms with E-state index in [4.69, 9.17) is 0 Å². The third-order valence-electron chi connectivity index (χ3n) is 3.37. The summed E-state index contributed by atoms with van der Waals surface area (Å²) in [5.74, 6) is -0.415. The van der Waals surface area contributed by atoms with Gasteiger partial charge in [0.25, 0.3) is 5.91 Å². The first kappa shape index (κ1) is 16.7. The van der Waals surface area contributed by atoms with Gasteiger partial charge >= 0.3 is 0 Å². The summed E-state index contributed by atoms with van der Waals surface area (Å²) in [6, 6.07) is 19.9. The summed E-state index contributed by atoms with van der Waals surface area (Å²) < 4.78 is 0. The number of thiophene rings is 1. The highest BCUT2D eigenvalue weighted by molar-refractivity contribution is 7.10. The smallest absolute Gasteiger partial charge is 0.255 e. The average Bonchev–Trinajstić information content (AvgIpc) is 3.15. The lowest BCUT2D eigenvalue weighted by Gasteiger charge is -2.08. The molecule has 1 aromatic heterocycles. The second-order valence-corrected chi connectivity index (χ2v) is 6.22. The van der Waals surface area contributed by atoms with Crippen molar-refractivity contribution in [1.29, 1.82) is 0 Å². The van der Waals surface area contributed by atoms with Crippen molar-refractivity contribution < 1.29 is 9.59 Å². The van der Waals surface area contributed by atoms with Crippen molar-refractivity contribution in [2.24, 2.45) is 0 Å². The van der Waals surface area contributed by atoms with Gasteiger partial charge in [-0.3, -0.25) is 9.59 Å². The van der Waals surface area contributed by atoms with Crippen molar-refractivity contribution in [3.8, 4) is 0 Å². The van der Waals surface area contributed by atoms with Crippen molar-refractivity contribution in [2.45, 2.75) is 0 Å². The standard InChI is InChI=1S/C20H16N2O2S/c23-19(12-11-18-10-5-13-25-18)21-16-8-4-9-17(14-16)22-20(24)15-6-2-1-3-7-15/h1-14H,(H,21,23)(H,22,24)/b12-11+. The number of amides is 2. The lowest BCUT2D eigenvalue weighted by molar-refractivity contribution is -0.111. The zero-order chi connectivity index (χ0) is 17.5. The Morgan fingerprint density at radius 3 is 2.32 bits per heavy atom. The van der Waals surface area contributed by atoms with E-state index in [1.165, 1.54) is 6.08 Å². The lowest BCUT2D eigenvalue weighted by Crippen LogP contribution is -2.12. The summed E-state index contributed by atoms with van der Waals surface area (Å²) in [5.41, 5.74) is 1.82. The minimum absolute atomic E-state index is 0.193. The van der Waals surface area contributed by atoms with Gasteiger partial charge in [0.1, 0.15) is 0 Å². The molecule has 2 N–H and O–H groups in total. The van der Waals surface area contributed by atoms with Gasteiger partial charge in [-0.2, -0.15) is 0 Å². The molecule has 5 heteroatoms. The first-order chi connectivity index (χ1) is 12.2. The maximum Gasteiger partial charge on any atom is 0.255 e. The highest BCUT2D eigenvalue weighted by Gasteiger charge is 2.06. The Kier molecular flexibility index (Phi) is 5.39. The van der Waals surface area contributed by atoms with Crippen molar-refractivity contribution in [3.05, 3.63) is 88.6 Å². The summed E-state index contributed by atoms with van der Waals surface area (Å²) >= 11 is 1.56. The van der Waals surface area contributed by atoms with Crippen molar-refractivity contribution in [1.82, 2.24) is 0 Å². The molecule has 2 amide bonds. The molecule has 25 heavy (non-hydrogen) atoms. The maximum absolute atomic E-state index is 12.2. The van der Waals surface area contributed by atoms with Crippen LogP contribution in [0.15, 0.2) is 78.2 Å². The Morgan fingerprint density at radius 2 is 1.60 bits per heavy atom. The Balaban J connectivity index is 1.63. The van der Waals surface area contributed by atoms with Crippen molar-refractivity contribution >= 4 is 40.6 Å². The van der Waals surface area contributed by atoms with E-state index >= 15 is 0 Å². The van der Waals surface area contributed by atoms with Gasteiger partial charge in [0.05, 0.1) is 0 Å². The number of hydrogen-bond acceptors (Lipinski definition) is 3. The number of benzene rings is 2. The van der Waals surface area contributed by atoms with Gasteiger partial charge in [-0.25, -0.2) is 0 Å². The van der Waals surface area contributed by atoms with E-state index < -0.39 is 0 Å². The molecule has 3 aromatic rings. The van der Waals surface area contributed by atoms with Crippen LogP contribution < -0.4 is 10.6 Å². The lowest BCUT2D eigenvalue weighted by atomic mass is 10.2. The van der Waals surface area contributed by atoms with E-state index in [0.29, 0.717) is 16.9 Å². The second-order valence-electron chi connectivity index (χ2n) is 5.24. The third kappa shape index (κ3) is 4.89. The highest BCUT2D eigenvalue weighted by atomic mass is 32.1. The molecule has 0 saturated carbocycles. The Morgan fingerprint density at radius 1 is 0.840 bits per heavy atom. The predicted molar refractivity (Wildman–Crippen MR) is 103 cm³/mol.